The summed E-state index contributed by atoms with van der Waals surface area (Å²) in [7, 11) is 0. The molecule has 108 valence electrons. The number of nitrogens with zero attached hydrogens (tertiary/aromatic N) is 1. The van der Waals surface area contributed by atoms with E-state index in [1.807, 2.05) is 0 Å². The van der Waals surface area contributed by atoms with E-state index >= 15 is 0 Å². The van der Waals surface area contributed by atoms with Crippen LogP contribution in [0.4, 0.5) is 13.2 Å². The minimum Gasteiger partial charge on any atom is -0.292 e. The maximum absolute atomic E-state index is 12.4. The lowest BCUT2D eigenvalue weighted by Gasteiger charge is -2.28. The highest BCUT2D eigenvalue weighted by molar-refractivity contribution is 5.37. The average Bonchev–Trinajstić information content (AvgIpc) is 2.38. The minimum absolute atomic E-state index is 0.628. The zero-order valence-corrected chi connectivity index (χ0v) is 11.5. The lowest BCUT2D eigenvalue weighted by atomic mass is 10.0. The molecule has 0 N–H and O–H groups in total. The molecule has 2 rings (SSSR count). The number of halogens is 3. The summed E-state index contributed by atoms with van der Waals surface area (Å²) in [5.74, 6) is 6.68. The van der Waals surface area contributed by atoms with Crippen molar-refractivity contribution in [2.45, 2.75) is 25.9 Å². The Morgan fingerprint density at radius 3 is 2.55 bits per heavy atom. The molecule has 1 atom stereocenters. The lowest BCUT2D eigenvalue weighted by molar-refractivity contribution is -0.137. The Hall–Kier alpha value is -1.47. The van der Waals surface area contributed by atoms with Crippen molar-refractivity contribution < 1.29 is 13.2 Å². The molecule has 0 amide bonds. The van der Waals surface area contributed by atoms with Gasteiger partial charge in [-0.3, -0.25) is 4.90 Å². The van der Waals surface area contributed by atoms with Crippen LogP contribution in [0, 0.1) is 17.8 Å². The van der Waals surface area contributed by atoms with Gasteiger partial charge in [-0.05, 0) is 49.6 Å². The van der Waals surface area contributed by atoms with Crippen LogP contribution in [0.25, 0.3) is 0 Å². The zero-order valence-electron chi connectivity index (χ0n) is 11.5. The molecule has 0 saturated carbocycles. The van der Waals surface area contributed by atoms with Gasteiger partial charge in [0, 0.05) is 12.1 Å². The van der Waals surface area contributed by atoms with Gasteiger partial charge in [0.2, 0.25) is 0 Å². The molecule has 0 spiro atoms. The summed E-state index contributed by atoms with van der Waals surface area (Å²) in [6, 6.07) is 5.00. The standard InChI is InChI=1S/C16H18F3N/c1-13-4-2-10-20(12-13)11-3-5-14-6-8-15(9-7-14)16(17,18)19/h6-9,13H,2,4,10-12H2,1H3. The molecular weight excluding hydrogens is 263 g/mol. The van der Waals surface area contributed by atoms with Crippen LogP contribution in [-0.4, -0.2) is 24.5 Å². The summed E-state index contributed by atoms with van der Waals surface area (Å²) in [6.07, 6.45) is -1.82. The number of alkyl halides is 3. The van der Waals surface area contributed by atoms with Crippen LogP contribution in [0.5, 0.6) is 0 Å². The van der Waals surface area contributed by atoms with E-state index in [1.165, 1.54) is 25.0 Å². The second-order valence-corrected chi connectivity index (χ2v) is 5.36. The largest absolute Gasteiger partial charge is 0.416 e. The van der Waals surface area contributed by atoms with E-state index in [0.29, 0.717) is 18.0 Å². The molecule has 0 bridgehead atoms. The van der Waals surface area contributed by atoms with Gasteiger partial charge in [-0.1, -0.05) is 18.8 Å². The summed E-state index contributed by atoms with van der Waals surface area (Å²) < 4.78 is 37.2. The van der Waals surface area contributed by atoms with Gasteiger partial charge in [0.1, 0.15) is 0 Å². The van der Waals surface area contributed by atoms with Crippen molar-refractivity contribution in [3.63, 3.8) is 0 Å². The Kier molecular flexibility index (Phi) is 4.72. The normalized spacial score (nSPS) is 20.3. The Labute approximate surface area is 117 Å². The first kappa shape index (κ1) is 14.9. The number of benzene rings is 1. The third-order valence-corrected chi connectivity index (χ3v) is 3.49. The maximum Gasteiger partial charge on any atom is 0.416 e. The van der Waals surface area contributed by atoms with Gasteiger partial charge in [0.25, 0.3) is 0 Å². The van der Waals surface area contributed by atoms with E-state index in [0.717, 1.165) is 25.2 Å². The molecule has 4 heteroatoms. The van der Waals surface area contributed by atoms with Gasteiger partial charge >= 0.3 is 6.18 Å². The quantitative estimate of drug-likeness (QED) is 0.708. The van der Waals surface area contributed by atoms with Crippen LogP contribution in [0.2, 0.25) is 0 Å². The minimum atomic E-state index is -4.28. The fraction of sp³-hybridized carbons (Fsp3) is 0.500. The predicted molar refractivity (Wildman–Crippen MR) is 73.2 cm³/mol. The van der Waals surface area contributed by atoms with Gasteiger partial charge in [-0.2, -0.15) is 13.2 Å². The van der Waals surface area contributed by atoms with E-state index in [9.17, 15) is 13.2 Å². The van der Waals surface area contributed by atoms with E-state index in [1.54, 1.807) is 0 Å². The first-order chi connectivity index (χ1) is 9.45. The topological polar surface area (TPSA) is 3.24 Å². The molecule has 1 heterocycles. The second kappa shape index (κ2) is 6.32. The van der Waals surface area contributed by atoms with Crippen LogP contribution in [0.3, 0.4) is 0 Å². The number of piperidine rings is 1. The van der Waals surface area contributed by atoms with E-state index in [-0.39, 0.29) is 0 Å². The SMILES string of the molecule is CC1CCCN(CC#Cc2ccc(C(F)(F)F)cc2)C1. The summed E-state index contributed by atoms with van der Waals surface area (Å²) in [6.45, 7) is 5.04. The summed E-state index contributed by atoms with van der Waals surface area (Å²) in [5, 5.41) is 0. The molecule has 0 aromatic heterocycles. The third-order valence-electron chi connectivity index (χ3n) is 3.49. The number of likely N-dealkylation sites (tertiary alicyclic amines) is 1. The highest BCUT2D eigenvalue weighted by Crippen LogP contribution is 2.28. The monoisotopic (exact) mass is 281 g/mol. The van der Waals surface area contributed by atoms with Crippen molar-refractivity contribution >= 4 is 0 Å². The van der Waals surface area contributed by atoms with Gasteiger partial charge in [-0.25, -0.2) is 0 Å². The van der Waals surface area contributed by atoms with E-state index in [2.05, 4.69) is 23.7 Å². The fourth-order valence-corrected chi connectivity index (χ4v) is 2.43. The molecule has 1 aromatic carbocycles. The average molecular weight is 281 g/mol. The van der Waals surface area contributed by atoms with Crippen LogP contribution in [0.15, 0.2) is 24.3 Å². The van der Waals surface area contributed by atoms with E-state index in [4.69, 9.17) is 0 Å². The Balaban J connectivity index is 1.92. The molecule has 1 aliphatic rings. The first-order valence-corrected chi connectivity index (χ1v) is 6.83. The van der Waals surface area contributed by atoms with Crippen LogP contribution >= 0.6 is 0 Å². The molecule has 1 nitrogen and oxygen atoms in total. The van der Waals surface area contributed by atoms with Gasteiger partial charge in [0.15, 0.2) is 0 Å². The highest BCUT2D eigenvalue weighted by atomic mass is 19.4. The lowest BCUT2D eigenvalue weighted by Crippen LogP contribution is -2.34. The van der Waals surface area contributed by atoms with Crippen molar-refractivity contribution in [2.75, 3.05) is 19.6 Å². The summed E-state index contributed by atoms with van der Waals surface area (Å²) in [4.78, 5) is 2.30. The van der Waals surface area contributed by atoms with Crippen LogP contribution in [0.1, 0.15) is 30.9 Å². The van der Waals surface area contributed by atoms with Crippen LogP contribution < -0.4 is 0 Å². The van der Waals surface area contributed by atoms with E-state index < -0.39 is 11.7 Å². The molecule has 1 saturated heterocycles. The predicted octanol–water partition coefficient (Wildman–Crippen LogP) is 3.79. The summed E-state index contributed by atoms with van der Waals surface area (Å²) >= 11 is 0. The van der Waals surface area contributed by atoms with Crippen molar-refractivity contribution in [1.82, 2.24) is 4.90 Å². The van der Waals surface area contributed by atoms with Gasteiger partial charge in [0.05, 0.1) is 12.1 Å². The van der Waals surface area contributed by atoms with Crippen molar-refractivity contribution in [1.29, 1.82) is 0 Å². The first-order valence-electron chi connectivity index (χ1n) is 6.83. The zero-order chi connectivity index (χ0) is 14.6. The Morgan fingerprint density at radius 2 is 1.95 bits per heavy atom. The molecule has 1 unspecified atom stereocenters. The Morgan fingerprint density at radius 1 is 1.25 bits per heavy atom. The molecule has 1 aliphatic heterocycles. The molecule has 20 heavy (non-hydrogen) atoms. The number of hydrogen-bond donors (Lipinski definition) is 0. The number of rotatable bonds is 1. The molecule has 1 fully saturated rings. The highest BCUT2D eigenvalue weighted by Gasteiger charge is 2.29. The van der Waals surface area contributed by atoms with Crippen molar-refractivity contribution in [3.8, 4) is 11.8 Å². The van der Waals surface area contributed by atoms with Gasteiger partial charge < -0.3 is 0 Å². The molecule has 1 aromatic rings. The third kappa shape index (κ3) is 4.28. The maximum atomic E-state index is 12.4. The molecule has 0 aliphatic carbocycles. The van der Waals surface area contributed by atoms with Crippen molar-refractivity contribution in [2.24, 2.45) is 5.92 Å². The van der Waals surface area contributed by atoms with Crippen LogP contribution in [-0.2, 0) is 6.18 Å². The molecular formula is C16H18F3N. The van der Waals surface area contributed by atoms with Gasteiger partial charge in [-0.15, -0.1) is 0 Å². The second-order valence-electron chi connectivity index (χ2n) is 5.36. The number of hydrogen-bond acceptors (Lipinski definition) is 1. The fourth-order valence-electron chi connectivity index (χ4n) is 2.43. The Bertz CT molecular complexity index is 493. The smallest absolute Gasteiger partial charge is 0.292 e. The van der Waals surface area contributed by atoms with Crippen molar-refractivity contribution in [3.05, 3.63) is 35.4 Å². The summed E-state index contributed by atoms with van der Waals surface area (Å²) in [5.41, 5.74) is -0.00374. The molecule has 0 radical (unpaired) electrons.